The van der Waals surface area contributed by atoms with Crippen LogP contribution in [-0.4, -0.2) is 38.9 Å². The summed E-state index contributed by atoms with van der Waals surface area (Å²) in [5.74, 6) is 0.155. The number of nitrogens with two attached hydrogens (primary N) is 1. The Morgan fingerprint density at radius 3 is 2.47 bits per heavy atom. The first-order valence-corrected chi connectivity index (χ1v) is 7.54. The van der Waals surface area contributed by atoms with Gasteiger partial charge in [-0.05, 0) is 30.7 Å². The van der Waals surface area contributed by atoms with Crippen molar-refractivity contribution in [2.75, 3.05) is 18.9 Å². The van der Waals surface area contributed by atoms with E-state index in [1.54, 1.807) is 24.1 Å². The van der Waals surface area contributed by atoms with Crippen molar-refractivity contribution in [1.82, 2.24) is 4.90 Å². The van der Waals surface area contributed by atoms with Gasteiger partial charge in [-0.15, -0.1) is 0 Å². The third-order valence-electron chi connectivity index (χ3n) is 3.18. The summed E-state index contributed by atoms with van der Waals surface area (Å²) in [6, 6.07) is 6.47. The van der Waals surface area contributed by atoms with Crippen molar-refractivity contribution in [2.24, 2.45) is 5.14 Å². The van der Waals surface area contributed by atoms with Crippen LogP contribution in [-0.2, 0) is 14.8 Å². The zero-order chi connectivity index (χ0) is 14.0. The molecule has 1 fully saturated rings. The number of nitrogens with one attached hydrogen (secondary N) is 1. The van der Waals surface area contributed by atoms with Gasteiger partial charge in [0.15, 0.2) is 0 Å². The number of rotatable bonds is 3. The van der Waals surface area contributed by atoms with Crippen LogP contribution in [0.3, 0.4) is 0 Å². The molecule has 1 amide bonds. The van der Waals surface area contributed by atoms with E-state index >= 15 is 0 Å². The first-order chi connectivity index (χ1) is 8.86. The van der Waals surface area contributed by atoms with Gasteiger partial charge < -0.3 is 10.2 Å². The number of likely N-dealkylation sites (tertiary alicyclic amines) is 1. The number of benzene rings is 1. The van der Waals surface area contributed by atoms with E-state index in [1.165, 1.54) is 12.1 Å². The smallest absolute Gasteiger partial charge is 0.238 e. The maximum atomic E-state index is 11.4. The molecule has 1 aliphatic heterocycles. The van der Waals surface area contributed by atoms with Gasteiger partial charge in [-0.25, -0.2) is 13.6 Å². The van der Waals surface area contributed by atoms with E-state index in [0.29, 0.717) is 13.0 Å². The molecular formula is C12H17N3O3S. The van der Waals surface area contributed by atoms with Gasteiger partial charge in [-0.1, -0.05) is 0 Å². The number of nitrogens with zero attached hydrogens (tertiary/aromatic N) is 1. The van der Waals surface area contributed by atoms with Crippen LogP contribution in [0.15, 0.2) is 29.2 Å². The Labute approximate surface area is 112 Å². The summed E-state index contributed by atoms with van der Waals surface area (Å²) >= 11 is 0. The molecule has 19 heavy (non-hydrogen) atoms. The molecule has 0 radical (unpaired) electrons. The minimum atomic E-state index is -3.65. The topological polar surface area (TPSA) is 92.5 Å². The van der Waals surface area contributed by atoms with E-state index in [0.717, 1.165) is 12.1 Å². The number of carbonyl (C=O) groups excluding carboxylic acids is 1. The van der Waals surface area contributed by atoms with Gasteiger partial charge in [0.25, 0.3) is 0 Å². The Morgan fingerprint density at radius 1 is 1.32 bits per heavy atom. The third-order valence-corrected chi connectivity index (χ3v) is 4.11. The highest BCUT2D eigenvalue weighted by Crippen LogP contribution is 2.17. The number of carbonyl (C=O) groups is 1. The average molecular weight is 283 g/mol. The molecule has 0 saturated carbocycles. The molecule has 0 aromatic heterocycles. The Morgan fingerprint density at radius 2 is 1.95 bits per heavy atom. The number of piperidine rings is 1. The predicted molar refractivity (Wildman–Crippen MR) is 72.1 cm³/mol. The first-order valence-electron chi connectivity index (χ1n) is 5.99. The quantitative estimate of drug-likeness (QED) is 0.838. The molecule has 6 nitrogen and oxygen atoms in total. The summed E-state index contributed by atoms with van der Waals surface area (Å²) < 4.78 is 22.3. The molecule has 1 saturated heterocycles. The van der Waals surface area contributed by atoms with Gasteiger partial charge >= 0.3 is 0 Å². The highest BCUT2D eigenvalue weighted by Gasteiger charge is 2.22. The van der Waals surface area contributed by atoms with E-state index < -0.39 is 10.0 Å². The van der Waals surface area contributed by atoms with Crippen molar-refractivity contribution >= 4 is 21.6 Å². The molecule has 1 heterocycles. The minimum Gasteiger partial charge on any atom is -0.381 e. The summed E-state index contributed by atoms with van der Waals surface area (Å²) in [6.45, 7) is 0.649. The van der Waals surface area contributed by atoms with Crippen molar-refractivity contribution in [3.63, 3.8) is 0 Å². The largest absolute Gasteiger partial charge is 0.381 e. The van der Waals surface area contributed by atoms with Crippen LogP contribution in [0, 0.1) is 0 Å². The molecular weight excluding hydrogens is 266 g/mol. The molecule has 2 rings (SSSR count). The number of hydrogen-bond donors (Lipinski definition) is 2. The Kier molecular flexibility index (Phi) is 3.77. The SMILES string of the molecule is CN1CC(Nc2ccc(S(N)(=O)=O)cc2)CCC1=O. The van der Waals surface area contributed by atoms with Crippen LogP contribution in [0.25, 0.3) is 0 Å². The fourth-order valence-corrected chi connectivity index (χ4v) is 2.62. The van der Waals surface area contributed by atoms with E-state index in [4.69, 9.17) is 5.14 Å². The standard InChI is InChI=1S/C12H17N3O3S/c1-15-8-10(4-7-12(15)16)14-9-2-5-11(6-3-9)19(13,17)18/h2-3,5-6,10,14H,4,7-8H2,1H3,(H2,13,17,18). The monoisotopic (exact) mass is 283 g/mol. The van der Waals surface area contributed by atoms with Crippen molar-refractivity contribution in [2.45, 2.75) is 23.8 Å². The lowest BCUT2D eigenvalue weighted by Crippen LogP contribution is -2.43. The highest BCUT2D eigenvalue weighted by atomic mass is 32.2. The van der Waals surface area contributed by atoms with E-state index in [1.807, 2.05) is 0 Å². The Bertz CT molecular complexity index is 568. The second-order valence-electron chi connectivity index (χ2n) is 4.72. The summed E-state index contributed by atoms with van der Waals surface area (Å²) in [5.41, 5.74) is 0.820. The zero-order valence-corrected chi connectivity index (χ0v) is 11.5. The Balaban J connectivity index is 2.02. The molecule has 7 heteroatoms. The lowest BCUT2D eigenvalue weighted by atomic mass is 10.1. The summed E-state index contributed by atoms with van der Waals surface area (Å²) in [6.07, 6.45) is 1.31. The highest BCUT2D eigenvalue weighted by molar-refractivity contribution is 7.89. The maximum Gasteiger partial charge on any atom is 0.238 e. The van der Waals surface area contributed by atoms with Gasteiger partial charge in [0.2, 0.25) is 15.9 Å². The van der Waals surface area contributed by atoms with Crippen LogP contribution in [0.1, 0.15) is 12.8 Å². The second-order valence-corrected chi connectivity index (χ2v) is 6.29. The lowest BCUT2D eigenvalue weighted by Gasteiger charge is -2.30. The van der Waals surface area contributed by atoms with Gasteiger partial charge in [0.1, 0.15) is 0 Å². The summed E-state index contributed by atoms with van der Waals surface area (Å²) in [4.78, 5) is 13.2. The molecule has 1 unspecified atom stereocenters. The van der Waals surface area contributed by atoms with Gasteiger partial charge in [0, 0.05) is 31.7 Å². The molecule has 1 atom stereocenters. The molecule has 104 valence electrons. The van der Waals surface area contributed by atoms with Gasteiger partial charge in [-0.2, -0.15) is 0 Å². The number of hydrogen-bond acceptors (Lipinski definition) is 4. The molecule has 0 bridgehead atoms. The van der Waals surface area contributed by atoms with Crippen molar-refractivity contribution < 1.29 is 13.2 Å². The maximum absolute atomic E-state index is 11.4. The Hall–Kier alpha value is -1.60. The van der Waals surface area contributed by atoms with E-state index in [2.05, 4.69) is 5.32 Å². The first kappa shape index (κ1) is 13.8. The summed E-state index contributed by atoms with van der Waals surface area (Å²) in [7, 11) is -1.87. The van der Waals surface area contributed by atoms with Crippen LogP contribution in [0.4, 0.5) is 5.69 Å². The zero-order valence-electron chi connectivity index (χ0n) is 10.7. The molecule has 0 spiro atoms. The number of amides is 1. The van der Waals surface area contributed by atoms with Crippen LogP contribution >= 0.6 is 0 Å². The van der Waals surface area contributed by atoms with E-state index in [9.17, 15) is 13.2 Å². The van der Waals surface area contributed by atoms with Crippen molar-refractivity contribution in [1.29, 1.82) is 0 Å². The number of likely N-dealkylation sites (N-methyl/N-ethyl adjacent to an activating group) is 1. The molecule has 0 aliphatic carbocycles. The predicted octanol–water partition coefficient (Wildman–Crippen LogP) is 0.367. The van der Waals surface area contributed by atoms with Crippen LogP contribution < -0.4 is 10.5 Å². The van der Waals surface area contributed by atoms with Crippen LogP contribution in [0.2, 0.25) is 0 Å². The molecule has 1 aromatic rings. The third kappa shape index (κ3) is 3.45. The van der Waals surface area contributed by atoms with Gasteiger partial charge in [-0.3, -0.25) is 4.79 Å². The summed E-state index contributed by atoms with van der Waals surface area (Å²) in [5, 5.41) is 8.31. The van der Waals surface area contributed by atoms with Crippen LogP contribution in [0.5, 0.6) is 0 Å². The minimum absolute atomic E-state index is 0.0917. The number of primary sulfonamides is 1. The normalized spacial score (nSPS) is 20.4. The van der Waals surface area contributed by atoms with Crippen molar-refractivity contribution in [3.05, 3.63) is 24.3 Å². The molecule has 1 aromatic carbocycles. The van der Waals surface area contributed by atoms with Gasteiger partial charge in [0.05, 0.1) is 4.90 Å². The fraction of sp³-hybridized carbons (Fsp3) is 0.417. The average Bonchev–Trinajstić information content (AvgIpc) is 2.33. The second kappa shape index (κ2) is 5.18. The van der Waals surface area contributed by atoms with E-state index in [-0.39, 0.29) is 16.8 Å². The number of sulfonamides is 1. The lowest BCUT2D eigenvalue weighted by molar-refractivity contribution is -0.132. The molecule has 3 N–H and O–H groups in total. The fourth-order valence-electron chi connectivity index (χ4n) is 2.11. The number of anilines is 1. The molecule has 1 aliphatic rings. The van der Waals surface area contributed by atoms with Crippen molar-refractivity contribution in [3.8, 4) is 0 Å².